The van der Waals surface area contributed by atoms with Gasteiger partial charge in [-0.15, -0.1) is 0 Å². The van der Waals surface area contributed by atoms with E-state index in [1.54, 1.807) is 0 Å². The van der Waals surface area contributed by atoms with Crippen LogP contribution >= 0.6 is 43.5 Å². The number of nitrogens with zero attached hydrogens (tertiary/aromatic N) is 1. The molecule has 0 aromatic heterocycles. The molecule has 4 nitrogen and oxygen atoms in total. The Balaban J connectivity index is 1.63. The molecule has 5 rings (SSSR count). The Labute approximate surface area is 253 Å². The van der Waals surface area contributed by atoms with Crippen molar-refractivity contribution in [1.82, 2.24) is 4.90 Å². The molecular weight excluding hydrogens is 642 g/mol. The zero-order valence-corrected chi connectivity index (χ0v) is 27.0. The number of benzene rings is 2. The molecule has 2 aliphatic carbocycles. The van der Waals surface area contributed by atoms with Crippen LogP contribution in [-0.4, -0.2) is 23.0 Å². The Morgan fingerprint density at radius 1 is 0.897 bits per heavy atom. The second kappa shape index (κ2) is 10.5. The highest BCUT2D eigenvalue weighted by atomic mass is 79.9. The average molecular weight is 676 g/mol. The summed E-state index contributed by atoms with van der Waals surface area (Å²) in [5.41, 5.74) is 5.28. The van der Waals surface area contributed by atoms with E-state index in [2.05, 4.69) is 71.4 Å². The maximum Gasteiger partial charge on any atom is 0.162 e. The van der Waals surface area contributed by atoms with Crippen LogP contribution in [0.15, 0.2) is 67.9 Å². The highest BCUT2D eigenvalue weighted by molar-refractivity contribution is 9.11. The molecule has 39 heavy (non-hydrogen) atoms. The minimum Gasteiger partial charge on any atom is -0.486 e. The van der Waals surface area contributed by atoms with Crippen molar-refractivity contribution in [3.8, 4) is 5.75 Å². The number of ketones is 2. The third-order valence-corrected chi connectivity index (χ3v) is 9.57. The van der Waals surface area contributed by atoms with Crippen molar-refractivity contribution in [3.05, 3.63) is 84.0 Å². The van der Waals surface area contributed by atoms with Crippen LogP contribution in [0.2, 0.25) is 5.02 Å². The molecule has 0 spiro atoms. The first-order chi connectivity index (χ1) is 18.3. The zero-order valence-electron chi connectivity index (χ0n) is 23.1. The number of allylic oxidation sites excluding steroid dienone is 4. The topological polar surface area (TPSA) is 46.6 Å². The standard InChI is InChI=1S/C32H34Br2ClNO3/c1-6-36-23-13-31(2,3)15-25(37)28(23)27(29-24(36)14-32(4,5)16-26(29)38)19-11-20(33)30(21(34)12-19)39-17-18-9-7-8-10-22(18)35/h7-12,27H,6,13-17H2,1-5H3. The molecule has 2 aromatic carbocycles. The molecule has 0 N–H and O–H groups in total. The summed E-state index contributed by atoms with van der Waals surface area (Å²) in [7, 11) is 0. The largest absolute Gasteiger partial charge is 0.486 e. The number of hydrogen-bond acceptors (Lipinski definition) is 4. The monoisotopic (exact) mass is 673 g/mol. The van der Waals surface area contributed by atoms with Crippen LogP contribution < -0.4 is 4.74 Å². The fourth-order valence-corrected chi connectivity index (χ4v) is 8.05. The van der Waals surface area contributed by atoms with Gasteiger partial charge in [0.05, 0.1) is 8.95 Å². The molecule has 0 atom stereocenters. The maximum absolute atomic E-state index is 13.8. The number of carbonyl (C=O) groups is 2. The van der Waals surface area contributed by atoms with Crippen molar-refractivity contribution in [1.29, 1.82) is 0 Å². The van der Waals surface area contributed by atoms with Crippen molar-refractivity contribution in [3.63, 3.8) is 0 Å². The normalized spacial score (nSPS) is 20.8. The first kappa shape index (κ1) is 28.6. The van der Waals surface area contributed by atoms with Crippen LogP contribution in [0.4, 0.5) is 0 Å². The summed E-state index contributed by atoms with van der Waals surface area (Å²) < 4.78 is 7.69. The Morgan fingerprint density at radius 3 is 1.90 bits per heavy atom. The number of rotatable bonds is 5. The van der Waals surface area contributed by atoms with E-state index in [0.717, 1.165) is 62.0 Å². The molecule has 0 saturated carbocycles. The number of halogens is 3. The summed E-state index contributed by atoms with van der Waals surface area (Å²) in [5, 5.41) is 0.653. The number of carbonyl (C=O) groups excluding carboxylic acids is 2. The third-order valence-electron chi connectivity index (χ3n) is 8.02. The van der Waals surface area contributed by atoms with Gasteiger partial charge in [-0.25, -0.2) is 0 Å². The molecule has 1 aliphatic heterocycles. The third kappa shape index (κ3) is 5.41. The van der Waals surface area contributed by atoms with Crippen LogP contribution in [0.5, 0.6) is 5.75 Å². The Morgan fingerprint density at radius 2 is 1.41 bits per heavy atom. The van der Waals surface area contributed by atoms with E-state index in [-0.39, 0.29) is 22.4 Å². The number of Topliss-reactive ketones (excluding diaryl/α,β-unsaturated/α-hetero) is 2. The van der Waals surface area contributed by atoms with Gasteiger partial charge in [0.25, 0.3) is 0 Å². The van der Waals surface area contributed by atoms with Gasteiger partial charge >= 0.3 is 0 Å². The molecule has 3 aliphatic rings. The molecule has 0 amide bonds. The average Bonchev–Trinajstić information content (AvgIpc) is 2.81. The minimum atomic E-state index is -0.393. The molecular formula is C32H34Br2ClNO3. The van der Waals surface area contributed by atoms with Crippen molar-refractivity contribution < 1.29 is 14.3 Å². The minimum absolute atomic E-state index is 0.127. The zero-order chi connectivity index (χ0) is 28.3. The van der Waals surface area contributed by atoms with Gasteiger partial charge in [0.15, 0.2) is 11.6 Å². The van der Waals surface area contributed by atoms with Crippen LogP contribution in [0.25, 0.3) is 0 Å². The highest BCUT2D eigenvalue weighted by Crippen LogP contribution is 2.55. The van der Waals surface area contributed by atoms with E-state index >= 15 is 0 Å². The fourth-order valence-electron chi connectivity index (χ4n) is 6.41. The summed E-state index contributed by atoms with van der Waals surface area (Å²) in [5.74, 6) is 0.538. The molecule has 7 heteroatoms. The Kier molecular flexibility index (Phi) is 7.71. The Hall–Kier alpha value is -1.89. The lowest BCUT2D eigenvalue weighted by atomic mass is 9.63. The molecule has 0 saturated heterocycles. The highest BCUT2D eigenvalue weighted by Gasteiger charge is 2.48. The second-order valence-corrected chi connectivity index (χ2v) is 14.6. The van der Waals surface area contributed by atoms with E-state index in [9.17, 15) is 9.59 Å². The molecule has 0 bridgehead atoms. The maximum atomic E-state index is 13.8. The predicted octanol–water partition coefficient (Wildman–Crippen LogP) is 9.15. The lowest BCUT2D eigenvalue weighted by Gasteiger charge is -2.49. The van der Waals surface area contributed by atoms with E-state index in [0.29, 0.717) is 30.2 Å². The quantitative estimate of drug-likeness (QED) is 0.317. The summed E-state index contributed by atoms with van der Waals surface area (Å²) in [4.78, 5) is 30.0. The lowest BCUT2D eigenvalue weighted by Crippen LogP contribution is -2.44. The summed E-state index contributed by atoms with van der Waals surface area (Å²) in [6.45, 7) is 11.8. The van der Waals surface area contributed by atoms with Gasteiger partial charge in [0, 0.05) is 58.4 Å². The van der Waals surface area contributed by atoms with Crippen molar-refractivity contribution in [2.24, 2.45) is 10.8 Å². The van der Waals surface area contributed by atoms with Crippen LogP contribution in [0, 0.1) is 10.8 Å². The van der Waals surface area contributed by atoms with Gasteiger partial charge in [-0.2, -0.15) is 0 Å². The predicted molar refractivity (Wildman–Crippen MR) is 163 cm³/mol. The molecule has 0 radical (unpaired) electrons. The van der Waals surface area contributed by atoms with E-state index in [4.69, 9.17) is 16.3 Å². The molecule has 0 unspecified atom stereocenters. The van der Waals surface area contributed by atoms with E-state index < -0.39 is 5.92 Å². The van der Waals surface area contributed by atoms with Crippen LogP contribution in [0.3, 0.4) is 0 Å². The van der Waals surface area contributed by atoms with E-state index in [1.807, 2.05) is 36.4 Å². The van der Waals surface area contributed by atoms with Gasteiger partial charge < -0.3 is 9.64 Å². The van der Waals surface area contributed by atoms with Gasteiger partial charge in [0.1, 0.15) is 12.4 Å². The fraction of sp³-hybridized carbons (Fsp3) is 0.438. The summed E-state index contributed by atoms with van der Waals surface area (Å²) in [6, 6.07) is 11.6. The van der Waals surface area contributed by atoms with Crippen molar-refractivity contribution in [2.45, 2.75) is 72.8 Å². The number of ether oxygens (including phenoxy) is 1. The first-order valence-electron chi connectivity index (χ1n) is 13.5. The van der Waals surface area contributed by atoms with Gasteiger partial charge in [-0.1, -0.05) is 57.5 Å². The molecule has 206 valence electrons. The SMILES string of the molecule is CCN1C2=C(C(=O)CC(C)(C)C2)C(c2cc(Br)c(OCc3ccccc3Cl)c(Br)c2)C2=C1CC(C)(C)CC2=O. The van der Waals surface area contributed by atoms with Crippen molar-refractivity contribution >= 4 is 55.0 Å². The number of hydrogen-bond donors (Lipinski definition) is 0. The molecule has 2 aromatic rings. The Bertz CT molecular complexity index is 1360. The first-order valence-corrected chi connectivity index (χ1v) is 15.4. The van der Waals surface area contributed by atoms with E-state index in [1.165, 1.54) is 0 Å². The van der Waals surface area contributed by atoms with Gasteiger partial charge in [-0.05, 0) is 86.2 Å². The molecule has 1 heterocycles. The summed E-state index contributed by atoms with van der Waals surface area (Å²) in [6.07, 6.45) is 2.57. The lowest BCUT2D eigenvalue weighted by molar-refractivity contribution is -0.119. The smallest absolute Gasteiger partial charge is 0.162 e. The second-order valence-electron chi connectivity index (χ2n) is 12.5. The van der Waals surface area contributed by atoms with Gasteiger partial charge in [0.2, 0.25) is 0 Å². The molecule has 0 fully saturated rings. The van der Waals surface area contributed by atoms with Gasteiger partial charge in [-0.3, -0.25) is 9.59 Å². The van der Waals surface area contributed by atoms with Crippen LogP contribution in [0.1, 0.15) is 77.3 Å². The van der Waals surface area contributed by atoms with Crippen molar-refractivity contribution in [2.75, 3.05) is 6.54 Å². The summed E-state index contributed by atoms with van der Waals surface area (Å²) >= 11 is 13.8. The van der Waals surface area contributed by atoms with Crippen LogP contribution in [-0.2, 0) is 16.2 Å².